The summed E-state index contributed by atoms with van der Waals surface area (Å²) < 4.78 is 31.6. The molecule has 1 atom stereocenters. The molecule has 1 aromatic carbocycles. The summed E-state index contributed by atoms with van der Waals surface area (Å²) >= 11 is 0. The predicted molar refractivity (Wildman–Crippen MR) is 80.7 cm³/mol. The van der Waals surface area contributed by atoms with Gasteiger partial charge < -0.3 is 4.74 Å². The third-order valence-corrected chi connectivity index (χ3v) is 4.83. The Bertz CT molecular complexity index is 701. The van der Waals surface area contributed by atoms with Crippen LogP contribution >= 0.6 is 0 Å². The predicted octanol–water partition coefficient (Wildman–Crippen LogP) is 1.50. The van der Waals surface area contributed by atoms with Gasteiger partial charge in [0.2, 0.25) is 10.0 Å². The number of amides is 1. The average molecular weight is 322 g/mol. The zero-order valence-electron chi connectivity index (χ0n) is 12.3. The topological polar surface area (TPSA) is 96.3 Å². The summed E-state index contributed by atoms with van der Waals surface area (Å²) in [7, 11) is -3.75. The van der Waals surface area contributed by atoms with Crippen LogP contribution in [0.15, 0.2) is 18.2 Å². The van der Waals surface area contributed by atoms with Gasteiger partial charge in [-0.3, -0.25) is 4.79 Å². The van der Waals surface area contributed by atoms with E-state index >= 15 is 0 Å². The number of hydrogen-bond acceptors (Lipinski definition) is 5. The Kier molecular flexibility index (Phi) is 5.16. The summed E-state index contributed by atoms with van der Waals surface area (Å²) in [6, 6.07) is 6.46. The summed E-state index contributed by atoms with van der Waals surface area (Å²) in [4.78, 5) is 12.1. The van der Waals surface area contributed by atoms with Crippen molar-refractivity contribution in [3.8, 4) is 6.07 Å². The number of nitrogens with one attached hydrogen (secondary N) is 1. The van der Waals surface area contributed by atoms with E-state index in [0.717, 1.165) is 12.8 Å². The first-order valence-electron chi connectivity index (χ1n) is 7.08. The van der Waals surface area contributed by atoms with E-state index in [4.69, 9.17) is 10.00 Å². The third-order valence-electron chi connectivity index (χ3n) is 3.53. The van der Waals surface area contributed by atoms with Gasteiger partial charge in [0.25, 0.3) is 5.91 Å². The van der Waals surface area contributed by atoms with Gasteiger partial charge in [0.1, 0.15) is 0 Å². The number of carbonyl (C=O) groups is 1. The molecule has 0 radical (unpaired) electrons. The van der Waals surface area contributed by atoms with E-state index in [1.54, 1.807) is 13.0 Å². The Morgan fingerprint density at radius 2 is 2.23 bits per heavy atom. The fraction of sp³-hybridized carbons (Fsp3) is 0.467. The molecule has 1 aromatic rings. The Morgan fingerprint density at radius 3 is 2.82 bits per heavy atom. The van der Waals surface area contributed by atoms with Crippen LogP contribution in [0.1, 0.15) is 40.7 Å². The molecular weight excluding hydrogens is 304 g/mol. The molecule has 1 saturated heterocycles. The summed E-state index contributed by atoms with van der Waals surface area (Å²) in [6.45, 7) is 2.22. The Balaban J connectivity index is 2.05. The van der Waals surface area contributed by atoms with E-state index in [0.29, 0.717) is 24.2 Å². The second-order valence-electron chi connectivity index (χ2n) is 5.34. The molecule has 1 heterocycles. The van der Waals surface area contributed by atoms with Crippen LogP contribution < -0.4 is 4.72 Å². The lowest BCUT2D eigenvalue weighted by Crippen LogP contribution is -2.38. The maximum absolute atomic E-state index is 12.1. The standard InChI is InChI=1S/C15H18N2O4S/c1-11-8-12(9-16)5-6-14(11)15(18)17-22(19,20)10-13-4-2-3-7-21-13/h5-6,8,13H,2-4,7,10H2,1H3,(H,17,18). The lowest BCUT2D eigenvalue weighted by molar-refractivity contribution is 0.0304. The maximum Gasteiger partial charge on any atom is 0.264 e. The number of nitriles is 1. The van der Waals surface area contributed by atoms with Gasteiger partial charge in [0.15, 0.2) is 0 Å². The maximum atomic E-state index is 12.1. The van der Waals surface area contributed by atoms with Crippen LogP contribution in [-0.4, -0.2) is 32.8 Å². The lowest BCUT2D eigenvalue weighted by Gasteiger charge is -2.22. The van der Waals surface area contributed by atoms with E-state index in [-0.39, 0.29) is 17.4 Å². The molecule has 0 spiro atoms. The lowest BCUT2D eigenvalue weighted by atomic mass is 10.1. The first-order valence-corrected chi connectivity index (χ1v) is 8.74. The van der Waals surface area contributed by atoms with Crippen molar-refractivity contribution in [3.63, 3.8) is 0 Å². The minimum Gasteiger partial charge on any atom is -0.377 e. The normalized spacial score (nSPS) is 18.5. The number of nitrogens with zero attached hydrogens (tertiary/aromatic N) is 1. The van der Waals surface area contributed by atoms with Gasteiger partial charge in [0, 0.05) is 12.2 Å². The van der Waals surface area contributed by atoms with Crippen molar-refractivity contribution < 1.29 is 17.9 Å². The van der Waals surface area contributed by atoms with Gasteiger partial charge in [-0.25, -0.2) is 13.1 Å². The summed E-state index contributed by atoms with van der Waals surface area (Å²) in [5.74, 6) is -0.897. The van der Waals surface area contributed by atoms with Crippen LogP contribution in [0.25, 0.3) is 0 Å². The Hall–Kier alpha value is -1.91. The summed E-state index contributed by atoms with van der Waals surface area (Å²) in [5.41, 5.74) is 1.22. The summed E-state index contributed by atoms with van der Waals surface area (Å²) in [6.07, 6.45) is 2.20. The highest BCUT2D eigenvalue weighted by atomic mass is 32.2. The van der Waals surface area contributed by atoms with Crippen molar-refractivity contribution in [2.45, 2.75) is 32.3 Å². The van der Waals surface area contributed by atoms with Gasteiger partial charge in [-0.1, -0.05) is 0 Å². The van der Waals surface area contributed by atoms with Crippen molar-refractivity contribution in [2.75, 3.05) is 12.4 Å². The highest BCUT2D eigenvalue weighted by Gasteiger charge is 2.24. The number of aryl methyl sites for hydroxylation is 1. The molecule has 0 bridgehead atoms. The zero-order valence-corrected chi connectivity index (χ0v) is 13.1. The minimum absolute atomic E-state index is 0.214. The molecule has 1 amide bonds. The number of carbonyl (C=O) groups excluding carboxylic acids is 1. The molecule has 1 aliphatic heterocycles. The van der Waals surface area contributed by atoms with E-state index < -0.39 is 15.9 Å². The molecule has 1 fully saturated rings. The average Bonchev–Trinajstić information content (AvgIpc) is 2.46. The Morgan fingerprint density at radius 1 is 1.45 bits per heavy atom. The largest absolute Gasteiger partial charge is 0.377 e. The fourth-order valence-electron chi connectivity index (χ4n) is 2.41. The molecule has 22 heavy (non-hydrogen) atoms. The molecule has 0 aromatic heterocycles. The minimum atomic E-state index is -3.75. The van der Waals surface area contributed by atoms with Crippen LogP contribution in [0.4, 0.5) is 0 Å². The molecule has 6 nitrogen and oxygen atoms in total. The van der Waals surface area contributed by atoms with Gasteiger partial charge in [-0.05, 0) is 49.9 Å². The van der Waals surface area contributed by atoms with E-state index in [1.165, 1.54) is 12.1 Å². The Labute approximate surface area is 130 Å². The van der Waals surface area contributed by atoms with Crippen LogP contribution in [0.3, 0.4) is 0 Å². The van der Waals surface area contributed by atoms with Crippen LogP contribution in [-0.2, 0) is 14.8 Å². The molecule has 1 aliphatic rings. The van der Waals surface area contributed by atoms with E-state index in [2.05, 4.69) is 4.72 Å². The van der Waals surface area contributed by atoms with Crippen molar-refractivity contribution in [2.24, 2.45) is 0 Å². The quantitative estimate of drug-likeness (QED) is 0.906. The molecule has 118 valence electrons. The van der Waals surface area contributed by atoms with Crippen LogP contribution in [0.5, 0.6) is 0 Å². The molecule has 0 aliphatic carbocycles. The molecule has 1 unspecified atom stereocenters. The van der Waals surface area contributed by atoms with Crippen molar-refractivity contribution in [1.29, 1.82) is 5.26 Å². The number of rotatable bonds is 4. The molecule has 0 saturated carbocycles. The van der Waals surface area contributed by atoms with Gasteiger partial charge >= 0.3 is 0 Å². The zero-order chi connectivity index (χ0) is 16.2. The number of hydrogen-bond donors (Lipinski definition) is 1. The SMILES string of the molecule is Cc1cc(C#N)ccc1C(=O)NS(=O)(=O)CC1CCCCO1. The summed E-state index contributed by atoms with van der Waals surface area (Å²) in [5, 5.41) is 8.80. The van der Waals surface area contributed by atoms with Crippen LogP contribution in [0, 0.1) is 18.3 Å². The highest BCUT2D eigenvalue weighted by molar-refractivity contribution is 7.90. The fourth-order valence-corrected chi connectivity index (χ4v) is 3.64. The van der Waals surface area contributed by atoms with E-state index in [1.807, 2.05) is 6.07 Å². The van der Waals surface area contributed by atoms with Gasteiger partial charge in [-0.2, -0.15) is 5.26 Å². The van der Waals surface area contributed by atoms with E-state index in [9.17, 15) is 13.2 Å². The molecule has 7 heteroatoms. The smallest absolute Gasteiger partial charge is 0.264 e. The molecule has 1 N–H and O–H groups in total. The first-order chi connectivity index (χ1) is 10.4. The number of benzene rings is 1. The molecular formula is C15H18N2O4S. The van der Waals surface area contributed by atoms with Crippen molar-refractivity contribution >= 4 is 15.9 Å². The van der Waals surface area contributed by atoms with Crippen LogP contribution in [0.2, 0.25) is 0 Å². The monoisotopic (exact) mass is 322 g/mol. The van der Waals surface area contributed by atoms with Gasteiger partial charge in [-0.15, -0.1) is 0 Å². The number of ether oxygens (including phenoxy) is 1. The highest BCUT2D eigenvalue weighted by Crippen LogP contribution is 2.15. The van der Waals surface area contributed by atoms with Crippen molar-refractivity contribution in [1.82, 2.24) is 4.72 Å². The second-order valence-corrected chi connectivity index (χ2v) is 7.11. The second kappa shape index (κ2) is 6.90. The first kappa shape index (κ1) is 16.5. The number of sulfonamides is 1. The molecule has 2 rings (SSSR count). The van der Waals surface area contributed by atoms with Crippen molar-refractivity contribution in [3.05, 3.63) is 34.9 Å². The third kappa shape index (κ3) is 4.29. The van der Waals surface area contributed by atoms with Gasteiger partial charge in [0.05, 0.1) is 23.5 Å².